The summed E-state index contributed by atoms with van der Waals surface area (Å²) in [5.74, 6) is 1.72. The molecule has 0 atom stereocenters. The Labute approximate surface area is 156 Å². The third-order valence-electron chi connectivity index (χ3n) is 4.38. The van der Waals surface area contributed by atoms with Crippen LogP contribution in [0.3, 0.4) is 0 Å². The number of anilines is 3. The van der Waals surface area contributed by atoms with Gasteiger partial charge in [0.25, 0.3) is 0 Å². The van der Waals surface area contributed by atoms with E-state index in [2.05, 4.69) is 66.1 Å². The molecule has 0 unspecified atom stereocenters. The molecule has 4 heteroatoms. The van der Waals surface area contributed by atoms with Crippen molar-refractivity contribution in [2.45, 2.75) is 27.3 Å². The van der Waals surface area contributed by atoms with E-state index in [-0.39, 0.29) is 0 Å². The van der Waals surface area contributed by atoms with Gasteiger partial charge in [0.1, 0.15) is 5.82 Å². The number of hydrogen-bond acceptors (Lipinski definition) is 4. The lowest BCUT2D eigenvalue weighted by Gasteiger charge is -2.26. The summed E-state index contributed by atoms with van der Waals surface area (Å²) in [5, 5.41) is 0. The summed E-state index contributed by atoms with van der Waals surface area (Å²) in [4.78, 5) is 14.0. The minimum atomic E-state index is 0.750. The van der Waals surface area contributed by atoms with Gasteiger partial charge in [-0.25, -0.2) is 4.98 Å². The van der Waals surface area contributed by atoms with Gasteiger partial charge in [0.05, 0.1) is 0 Å². The largest absolute Gasteiger partial charge is 0.352 e. The second-order valence-electron chi connectivity index (χ2n) is 6.25. The monoisotopic (exact) mass is 346 g/mol. The SMILES string of the molecule is CCN(Cc1ccccc1)c1cc(C)nc(N(CC)c2ccccc2)n1. The lowest BCUT2D eigenvalue weighted by atomic mass is 10.2. The van der Waals surface area contributed by atoms with E-state index in [9.17, 15) is 0 Å². The van der Waals surface area contributed by atoms with E-state index in [1.165, 1.54) is 5.56 Å². The Balaban J connectivity index is 1.93. The first kappa shape index (κ1) is 17.9. The zero-order valence-corrected chi connectivity index (χ0v) is 15.8. The second kappa shape index (κ2) is 8.48. The topological polar surface area (TPSA) is 32.3 Å². The fourth-order valence-electron chi connectivity index (χ4n) is 3.03. The maximum absolute atomic E-state index is 4.89. The van der Waals surface area contributed by atoms with Crippen molar-refractivity contribution in [3.05, 3.63) is 78.0 Å². The van der Waals surface area contributed by atoms with Crippen LogP contribution in [0.15, 0.2) is 66.7 Å². The van der Waals surface area contributed by atoms with Crippen LogP contribution < -0.4 is 9.80 Å². The van der Waals surface area contributed by atoms with Crippen molar-refractivity contribution in [2.75, 3.05) is 22.9 Å². The van der Waals surface area contributed by atoms with Crippen LogP contribution in [0.1, 0.15) is 25.1 Å². The molecule has 1 aromatic heterocycles. The fourth-order valence-corrected chi connectivity index (χ4v) is 3.03. The Kier molecular flexibility index (Phi) is 5.84. The lowest BCUT2D eigenvalue weighted by Crippen LogP contribution is -2.25. The van der Waals surface area contributed by atoms with Gasteiger partial charge in [-0.05, 0) is 38.5 Å². The van der Waals surface area contributed by atoms with Gasteiger partial charge in [0.2, 0.25) is 5.95 Å². The smallest absolute Gasteiger partial charge is 0.232 e. The summed E-state index contributed by atoms with van der Waals surface area (Å²) in [7, 11) is 0. The predicted octanol–water partition coefficient (Wildman–Crippen LogP) is 4.97. The van der Waals surface area contributed by atoms with Gasteiger partial charge in [-0.2, -0.15) is 4.98 Å². The number of rotatable bonds is 7. The van der Waals surface area contributed by atoms with Gasteiger partial charge in [-0.15, -0.1) is 0 Å². The highest BCUT2D eigenvalue weighted by Gasteiger charge is 2.15. The first-order chi connectivity index (χ1) is 12.7. The highest BCUT2D eigenvalue weighted by molar-refractivity contribution is 5.59. The number of benzene rings is 2. The molecule has 0 spiro atoms. The van der Waals surface area contributed by atoms with Gasteiger partial charge >= 0.3 is 0 Å². The third kappa shape index (κ3) is 4.20. The van der Waals surface area contributed by atoms with Gasteiger partial charge < -0.3 is 9.80 Å². The van der Waals surface area contributed by atoms with Crippen molar-refractivity contribution in [1.82, 2.24) is 9.97 Å². The van der Waals surface area contributed by atoms with E-state index >= 15 is 0 Å². The summed E-state index contributed by atoms with van der Waals surface area (Å²) >= 11 is 0. The number of hydrogen-bond donors (Lipinski definition) is 0. The molecule has 0 saturated heterocycles. The number of para-hydroxylation sites is 1. The maximum atomic E-state index is 4.89. The zero-order chi connectivity index (χ0) is 18.4. The molecule has 2 aromatic carbocycles. The molecule has 1 heterocycles. The Morgan fingerprint density at radius 3 is 2.08 bits per heavy atom. The highest BCUT2D eigenvalue weighted by atomic mass is 15.3. The average molecular weight is 346 g/mol. The van der Waals surface area contributed by atoms with Crippen LogP contribution in [0.5, 0.6) is 0 Å². The summed E-state index contributed by atoms with van der Waals surface area (Å²) in [6, 6.07) is 22.9. The number of aromatic nitrogens is 2. The van der Waals surface area contributed by atoms with Crippen molar-refractivity contribution in [3.63, 3.8) is 0 Å². The Morgan fingerprint density at radius 2 is 1.46 bits per heavy atom. The number of aryl methyl sites for hydroxylation is 1. The fraction of sp³-hybridized carbons (Fsp3) is 0.273. The molecule has 0 aliphatic rings. The van der Waals surface area contributed by atoms with Crippen LogP contribution in [0.25, 0.3) is 0 Å². The summed E-state index contributed by atoms with van der Waals surface area (Å²) in [6.07, 6.45) is 0. The molecule has 0 aliphatic heterocycles. The Hall–Kier alpha value is -2.88. The normalized spacial score (nSPS) is 10.6. The van der Waals surface area contributed by atoms with Crippen LogP contribution in [0, 0.1) is 6.92 Å². The van der Waals surface area contributed by atoms with Crippen LogP contribution >= 0.6 is 0 Å². The molecule has 3 rings (SSSR count). The van der Waals surface area contributed by atoms with Crippen molar-refractivity contribution in [3.8, 4) is 0 Å². The summed E-state index contributed by atoms with van der Waals surface area (Å²) in [6.45, 7) is 8.86. The Morgan fingerprint density at radius 1 is 0.808 bits per heavy atom. The molecule has 3 aromatic rings. The molecular formula is C22H26N4. The molecule has 134 valence electrons. The van der Waals surface area contributed by atoms with E-state index in [1.807, 2.05) is 31.2 Å². The molecule has 0 amide bonds. The van der Waals surface area contributed by atoms with Gasteiger partial charge in [0, 0.05) is 37.1 Å². The molecular weight excluding hydrogens is 320 g/mol. The Bertz CT molecular complexity index is 818. The van der Waals surface area contributed by atoms with Gasteiger partial charge in [0.15, 0.2) is 0 Å². The van der Waals surface area contributed by atoms with E-state index in [0.717, 1.165) is 42.8 Å². The first-order valence-electron chi connectivity index (χ1n) is 9.18. The summed E-state index contributed by atoms with van der Waals surface area (Å²) in [5.41, 5.74) is 3.37. The highest BCUT2D eigenvalue weighted by Crippen LogP contribution is 2.25. The van der Waals surface area contributed by atoms with E-state index < -0.39 is 0 Å². The first-order valence-corrected chi connectivity index (χ1v) is 9.18. The van der Waals surface area contributed by atoms with Gasteiger partial charge in [-0.1, -0.05) is 48.5 Å². The number of nitrogens with zero attached hydrogens (tertiary/aromatic N) is 4. The second-order valence-corrected chi connectivity index (χ2v) is 6.25. The molecule has 0 N–H and O–H groups in total. The minimum absolute atomic E-state index is 0.750. The molecule has 4 nitrogen and oxygen atoms in total. The predicted molar refractivity (Wildman–Crippen MR) is 109 cm³/mol. The molecule has 26 heavy (non-hydrogen) atoms. The lowest BCUT2D eigenvalue weighted by molar-refractivity contribution is 0.802. The van der Waals surface area contributed by atoms with Crippen LogP contribution in [-0.4, -0.2) is 23.1 Å². The van der Waals surface area contributed by atoms with Crippen LogP contribution in [0.2, 0.25) is 0 Å². The van der Waals surface area contributed by atoms with Crippen LogP contribution in [-0.2, 0) is 6.54 Å². The molecule has 0 aliphatic carbocycles. The van der Waals surface area contributed by atoms with E-state index in [4.69, 9.17) is 9.97 Å². The molecule has 0 bridgehead atoms. The molecule has 0 saturated carbocycles. The van der Waals surface area contributed by atoms with E-state index in [0.29, 0.717) is 0 Å². The van der Waals surface area contributed by atoms with Crippen molar-refractivity contribution in [2.24, 2.45) is 0 Å². The zero-order valence-electron chi connectivity index (χ0n) is 15.8. The van der Waals surface area contributed by atoms with Crippen molar-refractivity contribution < 1.29 is 0 Å². The van der Waals surface area contributed by atoms with Crippen molar-refractivity contribution in [1.29, 1.82) is 0 Å². The van der Waals surface area contributed by atoms with Crippen LogP contribution in [0.4, 0.5) is 17.5 Å². The van der Waals surface area contributed by atoms with E-state index in [1.54, 1.807) is 0 Å². The molecule has 0 fully saturated rings. The standard InChI is InChI=1S/C22H26N4/c1-4-25(17-19-12-8-6-9-13-19)21-16-18(3)23-22(24-21)26(5-2)20-14-10-7-11-15-20/h6-16H,4-5,17H2,1-3H3. The quantitative estimate of drug-likeness (QED) is 0.604. The molecule has 0 radical (unpaired) electrons. The van der Waals surface area contributed by atoms with Crippen molar-refractivity contribution >= 4 is 17.5 Å². The average Bonchev–Trinajstić information content (AvgIpc) is 2.68. The van der Waals surface area contributed by atoms with Gasteiger partial charge in [-0.3, -0.25) is 0 Å². The summed E-state index contributed by atoms with van der Waals surface area (Å²) < 4.78 is 0. The minimum Gasteiger partial charge on any atom is -0.352 e. The third-order valence-corrected chi connectivity index (χ3v) is 4.38. The maximum Gasteiger partial charge on any atom is 0.232 e.